The predicted octanol–water partition coefficient (Wildman–Crippen LogP) is 1.42. The number of H-pyrrole nitrogens is 1. The van der Waals surface area contributed by atoms with Gasteiger partial charge in [0.05, 0.1) is 0 Å². The standard InChI is InChI=1S/C11H8N4O2/c16-11(17)8-6-9-12-10(14-15(9)13-8)7-4-2-1-3-5-7/h1-6,13H,(H,16,17). The van der Waals surface area contributed by atoms with Gasteiger partial charge in [-0.25, -0.2) is 9.78 Å². The van der Waals surface area contributed by atoms with E-state index in [9.17, 15) is 4.79 Å². The molecule has 3 aromatic rings. The number of nitrogens with zero attached hydrogens (tertiary/aromatic N) is 3. The van der Waals surface area contributed by atoms with E-state index in [4.69, 9.17) is 5.11 Å². The van der Waals surface area contributed by atoms with Crippen LogP contribution in [-0.4, -0.2) is 30.9 Å². The van der Waals surface area contributed by atoms with Crippen LogP contribution in [-0.2, 0) is 0 Å². The highest BCUT2D eigenvalue weighted by Gasteiger charge is 2.12. The lowest BCUT2D eigenvalue weighted by molar-refractivity contribution is 0.0690. The number of hydrogen-bond donors (Lipinski definition) is 2. The Labute approximate surface area is 95.5 Å². The van der Waals surface area contributed by atoms with Crippen molar-refractivity contribution in [2.24, 2.45) is 0 Å². The fourth-order valence-electron chi connectivity index (χ4n) is 1.59. The van der Waals surface area contributed by atoms with Crippen LogP contribution in [0.25, 0.3) is 17.0 Å². The predicted molar refractivity (Wildman–Crippen MR) is 59.7 cm³/mol. The lowest BCUT2D eigenvalue weighted by Gasteiger charge is -1.91. The van der Waals surface area contributed by atoms with Gasteiger partial charge in [0.2, 0.25) is 0 Å². The largest absolute Gasteiger partial charge is 0.477 e. The molecule has 0 fully saturated rings. The van der Waals surface area contributed by atoms with Crippen LogP contribution in [0.2, 0.25) is 0 Å². The highest BCUT2D eigenvalue weighted by Crippen LogP contribution is 2.15. The molecule has 2 aromatic heterocycles. The third-order valence-corrected chi connectivity index (χ3v) is 2.39. The molecule has 17 heavy (non-hydrogen) atoms. The van der Waals surface area contributed by atoms with Crippen LogP contribution >= 0.6 is 0 Å². The van der Waals surface area contributed by atoms with Crippen LogP contribution in [0.1, 0.15) is 10.5 Å². The summed E-state index contributed by atoms with van der Waals surface area (Å²) in [6, 6.07) is 10.9. The van der Waals surface area contributed by atoms with Crippen molar-refractivity contribution in [1.82, 2.24) is 19.8 Å². The maximum atomic E-state index is 10.7. The monoisotopic (exact) mass is 228 g/mol. The molecule has 0 aliphatic heterocycles. The average Bonchev–Trinajstić information content (AvgIpc) is 2.87. The third kappa shape index (κ3) is 1.55. The van der Waals surface area contributed by atoms with Crippen LogP contribution in [0, 0.1) is 0 Å². The number of benzene rings is 1. The Bertz CT molecular complexity index is 652. The number of carbonyl (C=O) groups is 1. The molecule has 6 nitrogen and oxygen atoms in total. The van der Waals surface area contributed by atoms with Crippen LogP contribution in [0.4, 0.5) is 0 Å². The maximum absolute atomic E-state index is 10.7. The van der Waals surface area contributed by atoms with Crippen LogP contribution in [0.3, 0.4) is 0 Å². The molecule has 0 radical (unpaired) electrons. The number of aromatic carboxylic acids is 1. The van der Waals surface area contributed by atoms with Crippen molar-refractivity contribution in [3.8, 4) is 11.4 Å². The van der Waals surface area contributed by atoms with Crippen molar-refractivity contribution in [2.45, 2.75) is 0 Å². The Kier molecular flexibility index (Phi) is 1.94. The zero-order valence-electron chi connectivity index (χ0n) is 8.66. The fourth-order valence-corrected chi connectivity index (χ4v) is 1.59. The molecule has 0 aliphatic rings. The molecule has 0 unspecified atom stereocenters. The zero-order chi connectivity index (χ0) is 11.8. The number of rotatable bonds is 2. The molecule has 1 aromatic carbocycles. The quantitative estimate of drug-likeness (QED) is 0.694. The fraction of sp³-hybridized carbons (Fsp3) is 0. The van der Waals surface area contributed by atoms with Gasteiger partial charge in [-0.2, -0.15) is 4.63 Å². The maximum Gasteiger partial charge on any atom is 0.353 e. The summed E-state index contributed by atoms with van der Waals surface area (Å²) in [6.07, 6.45) is 0. The Morgan fingerprint density at radius 1 is 1.29 bits per heavy atom. The van der Waals surface area contributed by atoms with Crippen molar-refractivity contribution >= 4 is 11.6 Å². The van der Waals surface area contributed by atoms with Crippen molar-refractivity contribution in [1.29, 1.82) is 0 Å². The van der Waals surface area contributed by atoms with Crippen LogP contribution < -0.4 is 0 Å². The smallest absolute Gasteiger partial charge is 0.353 e. The molecule has 6 heteroatoms. The molecule has 84 valence electrons. The highest BCUT2D eigenvalue weighted by molar-refractivity contribution is 5.86. The van der Waals surface area contributed by atoms with E-state index in [2.05, 4.69) is 15.2 Å². The van der Waals surface area contributed by atoms with E-state index in [1.54, 1.807) is 0 Å². The van der Waals surface area contributed by atoms with E-state index < -0.39 is 5.97 Å². The van der Waals surface area contributed by atoms with Crippen molar-refractivity contribution in [2.75, 3.05) is 0 Å². The van der Waals surface area contributed by atoms with E-state index in [-0.39, 0.29) is 5.69 Å². The molecule has 0 saturated carbocycles. The summed E-state index contributed by atoms with van der Waals surface area (Å²) in [5.74, 6) is -0.465. The van der Waals surface area contributed by atoms with Crippen molar-refractivity contribution in [3.63, 3.8) is 0 Å². The first-order valence-corrected chi connectivity index (χ1v) is 4.98. The number of hydrogen-bond acceptors (Lipinski definition) is 3. The molecule has 0 saturated heterocycles. The molecule has 0 aliphatic carbocycles. The minimum atomic E-state index is -1.03. The number of aromatic amines is 1. The van der Waals surface area contributed by atoms with Gasteiger partial charge in [-0.3, -0.25) is 5.10 Å². The average molecular weight is 228 g/mol. The summed E-state index contributed by atoms with van der Waals surface area (Å²) >= 11 is 0. The number of fused-ring (bicyclic) bond motifs is 1. The number of nitrogens with one attached hydrogen (secondary N) is 1. The molecule has 2 N–H and O–H groups in total. The lowest BCUT2D eigenvalue weighted by atomic mass is 10.2. The SMILES string of the molecule is O=C(O)c1cc2nc(-c3ccccc3)nn2[nH]1. The first-order valence-electron chi connectivity index (χ1n) is 4.98. The normalized spacial score (nSPS) is 10.8. The van der Waals surface area contributed by atoms with Gasteiger partial charge < -0.3 is 5.11 Å². The molecule has 0 amide bonds. The van der Waals surface area contributed by atoms with Gasteiger partial charge in [-0.15, -0.1) is 5.10 Å². The topological polar surface area (TPSA) is 83.3 Å². The minimum Gasteiger partial charge on any atom is -0.477 e. The minimum absolute atomic E-state index is 0.0691. The second-order valence-corrected chi connectivity index (χ2v) is 3.55. The molecule has 0 atom stereocenters. The van der Waals surface area contributed by atoms with Gasteiger partial charge in [-0.1, -0.05) is 30.3 Å². The summed E-state index contributed by atoms with van der Waals surface area (Å²) < 4.78 is 1.35. The molecule has 0 bridgehead atoms. The lowest BCUT2D eigenvalue weighted by Crippen LogP contribution is -1.98. The van der Waals surface area contributed by atoms with Crippen molar-refractivity contribution in [3.05, 3.63) is 42.1 Å². The van der Waals surface area contributed by atoms with Gasteiger partial charge in [0.25, 0.3) is 0 Å². The van der Waals surface area contributed by atoms with Crippen LogP contribution in [0.5, 0.6) is 0 Å². The zero-order valence-corrected chi connectivity index (χ0v) is 8.66. The van der Waals surface area contributed by atoms with Crippen LogP contribution in [0.15, 0.2) is 36.4 Å². The van der Waals surface area contributed by atoms with E-state index in [0.29, 0.717) is 11.5 Å². The van der Waals surface area contributed by atoms with E-state index in [1.807, 2.05) is 30.3 Å². The van der Waals surface area contributed by atoms with Gasteiger partial charge in [0.15, 0.2) is 11.5 Å². The summed E-state index contributed by atoms with van der Waals surface area (Å²) in [4.78, 5) is 15.0. The Morgan fingerprint density at radius 2 is 2.06 bits per heavy atom. The van der Waals surface area contributed by atoms with Gasteiger partial charge in [0.1, 0.15) is 5.69 Å². The molecular formula is C11H8N4O2. The number of carboxylic acids is 1. The van der Waals surface area contributed by atoms with Gasteiger partial charge in [-0.05, 0) is 0 Å². The Balaban J connectivity index is 2.10. The third-order valence-electron chi connectivity index (χ3n) is 2.39. The summed E-state index contributed by atoms with van der Waals surface area (Å²) in [7, 11) is 0. The highest BCUT2D eigenvalue weighted by atomic mass is 16.4. The molecule has 2 heterocycles. The summed E-state index contributed by atoms with van der Waals surface area (Å²) in [6.45, 7) is 0. The second-order valence-electron chi connectivity index (χ2n) is 3.55. The van der Waals surface area contributed by atoms with E-state index in [0.717, 1.165) is 5.56 Å². The first kappa shape index (κ1) is 9.59. The molecule has 0 spiro atoms. The van der Waals surface area contributed by atoms with E-state index in [1.165, 1.54) is 10.7 Å². The second kappa shape index (κ2) is 3.44. The van der Waals surface area contributed by atoms with E-state index >= 15 is 0 Å². The Hall–Kier alpha value is -2.63. The number of aromatic nitrogens is 4. The van der Waals surface area contributed by atoms with Crippen molar-refractivity contribution < 1.29 is 9.90 Å². The first-order chi connectivity index (χ1) is 8.24. The summed E-state index contributed by atoms with van der Waals surface area (Å²) in [5, 5.41) is 15.6. The summed E-state index contributed by atoms with van der Waals surface area (Å²) in [5.41, 5.74) is 1.45. The number of carboxylic acid groups (broad SMARTS) is 1. The molecular weight excluding hydrogens is 220 g/mol. The van der Waals surface area contributed by atoms with Gasteiger partial charge in [0, 0.05) is 11.6 Å². The Morgan fingerprint density at radius 3 is 2.71 bits per heavy atom. The van der Waals surface area contributed by atoms with Gasteiger partial charge >= 0.3 is 5.97 Å². The molecule has 3 rings (SSSR count).